The van der Waals surface area contributed by atoms with E-state index in [1.165, 1.54) is 0 Å². The van der Waals surface area contributed by atoms with E-state index >= 15 is 0 Å². The van der Waals surface area contributed by atoms with E-state index in [1.54, 1.807) is 4.90 Å². The van der Waals surface area contributed by atoms with Crippen LogP contribution in [0.15, 0.2) is 18.2 Å². The average molecular weight is 274 g/mol. The van der Waals surface area contributed by atoms with Gasteiger partial charge in [-0.25, -0.2) is 0 Å². The minimum atomic E-state index is 0.104. The highest BCUT2D eigenvalue weighted by atomic mass is 16.5. The van der Waals surface area contributed by atoms with Gasteiger partial charge in [-0.1, -0.05) is 0 Å². The second-order valence-corrected chi connectivity index (χ2v) is 5.70. The zero-order valence-electron chi connectivity index (χ0n) is 11.5. The summed E-state index contributed by atoms with van der Waals surface area (Å²) in [5, 5.41) is 0. The average Bonchev–Trinajstić information content (AvgIpc) is 3.06. The van der Waals surface area contributed by atoms with Crippen molar-refractivity contribution >= 4 is 17.3 Å². The van der Waals surface area contributed by atoms with E-state index < -0.39 is 0 Å². The number of hydrogen-bond donors (Lipinski definition) is 0. The van der Waals surface area contributed by atoms with Gasteiger partial charge in [0.15, 0.2) is 0 Å². The lowest BCUT2D eigenvalue weighted by Gasteiger charge is -2.30. The number of carbonyl (C=O) groups is 1. The Kier molecular flexibility index (Phi) is 2.63. The molecule has 5 nitrogen and oxygen atoms in total. The van der Waals surface area contributed by atoms with E-state index in [0.29, 0.717) is 25.2 Å². The minimum absolute atomic E-state index is 0.104. The smallest absolute Gasteiger partial charge is 0.230 e. The fraction of sp³-hybridized carbons (Fsp3) is 0.533. The SMILES string of the molecule is CN1C(=O)CCOc2ccc(N3C[C@@H]4C[C@H]3CO4)cc21. The van der Waals surface area contributed by atoms with Crippen LogP contribution in [0.1, 0.15) is 12.8 Å². The van der Waals surface area contributed by atoms with Crippen LogP contribution in [0.5, 0.6) is 5.75 Å². The molecule has 106 valence electrons. The summed E-state index contributed by atoms with van der Waals surface area (Å²) in [4.78, 5) is 16.0. The van der Waals surface area contributed by atoms with Gasteiger partial charge in [0.1, 0.15) is 5.75 Å². The van der Waals surface area contributed by atoms with Gasteiger partial charge in [-0.2, -0.15) is 0 Å². The van der Waals surface area contributed by atoms with Gasteiger partial charge in [0.2, 0.25) is 5.91 Å². The van der Waals surface area contributed by atoms with Gasteiger partial charge < -0.3 is 19.3 Å². The van der Waals surface area contributed by atoms with Crippen molar-refractivity contribution in [2.24, 2.45) is 0 Å². The van der Waals surface area contributed by atoms with Gasteiger partial charge in [-0.15, -0.1) is 0 Å². The van der Waals surface area contributed by atoms with E-state index in [1.807, 2.05) is 13.1 Å². The first-order chi connectivity index (χ1) is 9.72. The van der Waals surface area contributed by atoms with Crippen molar-refractivity contribution in [3.8, 4) is 5.75 Å². The number of amides is 1. The number of morpholine rings is 1. The maximum absolute atomic E-state index is 11.9. The molecule has 3 aliphatic rings. The van der Waals surface area contributed by atoms with E-state index in [9.17, 15) is 4.79 Å². The Hall–Kier alpha value is -1.75. The van der Waals surface area contributed by atoms with Gasteiger partial charge in [-0.3, -0.25) is 4.79 Å². The summed E-state index contributed by atoms with van der Waals surface area (Å²) < 4.78 is 11.3. The summed E-state index contributed by atoms with van der Waals surface area (Å²) in [6.07, 6.45) is 1.92. The molecule has 0 radical (unpaired) electrons. The van der Waals surface area contributed by atoms with Crippen molar-refractivity contribution in [2.45, 2.75) is 25.0 Å². The molecule has 2 saturated heterocycles. The molecule has 2 fully saturated rings. The van der Waals surface area contributed by atoms with Crippen LogP contribution in [0.3, 0.4) is 0 Å². The van der Waals surface area contributed by atoms with Gasteiger partial charge >= 0.3 is 0 Å². The fourth-order valence-corrected chi connectivity index (χ4v) is 3.33. The molecule has 0 unspecified atom stereocenters. The zero-order chi connectivity index (χ0) is 13.7. The molecule has 3 heterocycles. The molecule has 4 rings (SSSR count). The molecule has 0 aromatic heterocycles. The predicted octanol–water partition coefficient (Wildman–Crippen LogP) is 1.41. The summed E-state index contributed by atoms with van der Waals surface area (Å²) >= 11 is 0. The Bertz CT molecular complexity index is 560. The van der Waals surface area contributed by atoms with Crippen molar-refractivity contribution < 1.29 is 14.3 Å². The van der Waals surface area contributed by atoms with Gasteiger partial charge in [0, 0.05) is 19.3 Å². The summed E-state index contributed by atoms with van der Waals surface area (Å²) in [5.41, 5.74) is 2.03. The topological polar surface area (TPSA) is 42.0 Å². The van der Waals surface area contributed by atoms with E-state index in [-0.39, 0.29) is 5.91 Å². The fourth-order valence-electron chi connectivity index (χ4n) is 3.33. The normalized spacial score (nSPS) is 28.4. The Morgan fingerprint density at radius 3 is 3.00 bits per heavy atom. The summed E-state index contributed by atoms with van der Waals surface area (Å²) in [6.45, 7) is 2.22. The molecule has 0 spiro atoms. The third-order valence-electron chi connectivity index (χ3n) is 4.48. The second-order valence-electron chi connectivity index (χ2n) is 5.70. The van der Waals surface area contributed by atoms with Gasteiger partial charge in [0.05, 0.1) is 37.5 Å². The molecule has 1 aromatic rings. The Labute approximate surface area is 118 Å². The zero-order valence-corrected chi connectivity index (χ0v) is 11.5. The second kappa shape index (κ2) is 4.38. The highest BCUT2D eigenvalue weighted by molar-refractivity contribution is 5.95. The summed E-state index contributed by atoms with van der Waals surface area (Å²) in [6, 6.07) is 6.61. The number of carbonyl (C=O) groups excluding carboxylic acids is 1. The Morgan fingerprint density at radius 1 is 1.35 bits per heavy atom. The number of benzene rings is 1. The van der Waals surface area contributed by atoms with Crippen LogP contribution in [0, 0.1) is 0 Å². The van der Waals surface area contributed by atoms with Crippen LogP contribution in [0.25, 0.3) is 0 Å². The molecule has 0 saturated carbocycles. The van der Waals surface area contributed by atoms with Crippen LogP contribution >= 0.6 is 0 Å². The highest BCUT2D eigenvalue weighted by Crippen LogP contribution is 2.38. The summed E-state index contributed by atoms with van der Waals surface area (Å²) in [5.74, 6) is 0.898. The molecule has 1 amide bonds. The van der Waals surface area contributed by atoms with Crippen molar-refractivity contribution in [3.63, 3.8) is 0 Å². The van der Waals surface area contributed by atoms with Gasteiger partial charge in [-0.05, 0) is 24.6 Å². The minimum Gasteiger partial charge on any atom is -0.491 e. The van der Waals surface area contributed by atoms with Crippen LogP contribution in [0.2, 0.25) is 0 Å². The highest BCUT2D eigenvalue weighted by Gasteiger charge is 2.39. The molecular formula is C15H18N2O3. The molecular weight excluding hydrogens is 256 g/mol. The van der Waals surface area contributed by atoms with E-state index in [0.717, 1.165) is 36.7 Å². The predicted molar refractivity (Wildman–Crippen MR) is 75.5 cm³/mol. The third kappa shape index (κ3) is 1.77. The standard InChI is InChI=1S/C15H18N2O3/c1-16-13-7-10(17-8-12-6-11(17)9-20-12)2-3-14(13)19-5-4-15(16)18/h2-3,7,11-12H,4-6,8-9H2,1H3/t11-,12-/m0/s1. The molecule has 2 bridgehead atoms. The molecule has 20 heavy (non-hydrogen) atoms. The van der Waals surface area contributed by atoms with Crippen LogP contribution in [-0.2, 0) is 9.53 Å². The van der Waals surface area contributed by atoms with Crippen LogP contribution in [0.4, 0.5) is 11.4 Å². The third-order valence-corrected chi connectivity index (χ3v) is 4.48. The largest absolute Gasteiger partial charge is 0.491 e. The molecule has 0 N–H and O–H groups in total. The Balaban J connectivity index is 1.69. The van der Waals surface area contributed by atoms with Crippen molar-refractivity contribution in [2.75, 3.05) is 36.6 Å². The van der Waals surface area contributed by atoms with Crippen molar-refractivity contribution in [1.82, 2.24) is 0 Å². The first-order valence-electron chi connectivity index (χ1n) is 7.14. The van der Waals surface area contributed by atoms with Crippen molar-refractivity contribution in [3.05, 3.63) is 18.2 Å². The lowest BCUT2D eigenvalue weighted by molar-refractivity contribution is -0.118. The lowest BCUT2D eigenvalue weighted by Crippen LogP contribution is -2.37. The molecule has 1 aromatic carbocycles. The maximum Gasteiger partial charge on any atom is 0.230 e. The van der Waals surface area contributed by atoms with Crippen molar-refractivity contribution in [1.29, 1.82) is 0 Å². The van der Waals surface area contributed by atoms with Crippen LogP contribution in [-0.4, -0.2) is 44.9 Å². The Morgan fingerprint density at radius 2 is 2.25 bits per heavy atom. The number of nitrogens with zero attached hydrogens (tertiary/aromatic N) is 2. The van der Waals surface area contributed by atoms with E-state index in [2.05, 4.69) is 17.0 Å². The monoisotopic (exact) mass is 274 g/mol. The molecule has 2 atom stereocenters. The number of ether oxygens (including phenoxy) is 2. The molecule has 5 heteroatoms. The lowest BCUT2D eigenvalue weighted by atomic mass is 10.2. The molecule has 3 aliphatic heterocycles. The van der Waals surface area contributed by atoms with Gasteiger partial charge in [0.25, 0.3) is 0 Å². The number of fused-ring (bicyclic) bond motifs is 3. The number of hydrogen-bond acceptors (Lipinski definition) is 4. The maximum atomic E-state index is 11.9. The van der Waals surface area contributed by atoms with E-state index in [4.69, 9.17) is 9.47 Å². The summed E-state index contributed by atoms with van der Waals surface area (Å²) in [7, 11) is 1.82. The number of rotatable bonds is 1. The van der Waals surface area contributed by atoms with Crippen LogP contribution < -0.4 is 14.5 Å². The first-order valence-corrected chi connectivity index (χ1v) is 7.14. The first kappa shape index (κ1) is 12.0. The number of anilines is 2. The molecule has 0 aliphatic carbocycles. The quantitative estimate of drug-likeness (QED) is 0.776.